The summed E-state index contributed by atoms with van der Waals surface area (Å²) < 4.78 is 8.66. The molecule has 7 rings (SSSR count). The molecule has 0 saturated heterocycles. The molecule has 0 aliphatic rings. The van der Waals surface area contributed by atoms with Crippen LogP contribution in [0.25, 0.3) is 66.8 Å². The number of aromatic nitrogens is 4. The molecule has 4 heterocycles. The van der Waals surface area contributed by atoms with Crippen LogP contribution < -0.4 is 4.57 Å². The van der Waals surface area contributed by atoms with Crippen molar-refractivity contribution in [1.82, 2.24) is 15.0 Å². The van der Waals surface area contributed by atoms with Gasteiger partial charge in [-0.3, -0.25) is 9.97 Å². The average Bonchev–Trinajstić information content (AvgIpc) is 3.36. The van der Waals surface area contributed by atoms with E-state index in [1.54, 1.807) is 18.6 Å². The van der Waals surface area contributed by atoms with Crippen LogP contribution in [0.15, 0.2) is 95.9 Å². The van der Waals surface area contributed by atoms with Crippen LogP contribution >= 0.6 is 0 Å². The van der Waals surface area contributed by atoms with Crippen LogP contribution in [-0.4, -0.2) is 15.0 Å². The van der Waals surface area contributed by atoms with E-state index in [2.05, 4.69) is 121 Å². The lowest BCUT2D eigenvalue weighted by atomic mass is 9.88. The van der Waals surface area contributed by atoms with Crippen molar-refractivity contribution in [2.75, 3.05) is 0 Å². The molecule has 0 bridgehead atoms. The number of hydrogen-bond acceptors (Lipinski definition) is 4. The number of pyridine rings is 2. The van der Waals surface area contributed by atoms with Crippen LogP contribution in [-0.2, 0) is 7.05 Å². The minimum Gasteiger partial charge on any atom is -0.437 e. The summed E-state index contributed by atoms with van der Waals surface area (Å²) >= 11 is 0. The Morgan fingerprint density at radius 3 is 2.09 bits per heavy atom. The first-order chi connectivity index (χ1) is 20.8. The van der Waals surface area contributed by atoms with Crippen molar-refractivity contribution in [3.63, 3.8) is 0 Å². The van der Waals surface area contributed by atoms with Gasteiger partial charge >= 0.3 is 0 Å². The highest BCUT2D eigenvalue weighted by Crippen LogP contribution is 2.39. The Balaban J connectivity index is 1.34. The molecule has 0 atom stereocenters. The number of rotatable bonds is 4. The molecule has 0 spiro atoms. The summed E-state index contributed by atoms with van der Waals surface area (Å²) in [6.07, 6.45) is 7.44. The van der Waals surface area contributed by atoms with Crippen molar-refractivity contribution in [2.45, 2.75) is 34.6 Å². The molecule has 0 aliphatic heterocycles. The van der Waals surface area contributed by atoms with Crippen molar-refractivity contribution in [3.05, 3.63) is 119 Å². The first kappa shape index (κ1) is 26.7. The molecule has 210 valence electrons. The highest BCUT2D eigenvalue weighted by atomic mass is 16.3. The Hall–Kier alpha value is -5.16. The van der Waals surface area contributed by atoms with Gasteiger partial charge < -0.3 is 4.42 Å². The molecule has 0 saturated carbocycles. The van der Waals surface area contributed by atoms with Crippen molar-refractivity contribution in [3.8, 4) is 44.8 Å². The van der Waals surface area contributed by atoms with Gasteiger partial charge in [0.2, 0.25) is 11.4 Å². The van der Waals surface area contributed by atoms with E-state index in [-0.39, 0.29) is 0 Å². The summed E-state index contributed by atoms with van der Waals surface area (Å²) in [7, 11) is 2.11. The van der Waals surface area contributed by atoms with Gasteiger partial charge in [0, 0.05) is 46.1 Å². The third-order valence-corrected chi connectivity index (χ3v) is 8.46. The summed E-state index contributed by atoms with van der Waals surface area (Å²) in [6.45, 7) is 10.8. The van der Waals surface area contributed by atoms with Gasteiger partial charge in [-0.15, -0.1) is 0 Å². The van der Waals surface area contributed by atoms with E-state index in [9.17, 15) is 0 Å². The van der Waals surface area contributed by atoms with E-state index in [0.717, 1.165) is 44.6 Å². The lowest BCUT2D eigenvalue weighted by molar-refractivity contribution is -0.660. The van der Waals surface area contributed by atoms with E-state index < -0.39 is 0 Å². The third kappa shape index (κ3) is 4.58. The van der Waals surface area contributed by atoms with Crippen LogP contribution in [0.5, 0.6) is 0 Å². The normalized spacial score (nSPS) is 11.5. The first-order valence-corrected chi connectivity index (χ1v) is 14.6. The molecule has 7 aromatic rings. The molecule has 0 radical (unpaired) electrons. The monoisotopic (exact) mass is 561 g/mol. The zero-order valence-corrected chi connectivity index (χ0v) is 25.4. The molecule has 0 N–H and O–H groups in total. The number of aryl methyl sites for hydroxylation is 6. The van der Waals surface area contributed by atoms with Crippen LogP contribution in [0.1, 0.15) is 27.9 Å². The molecule has 4 aromatic heterocycles. The first-order valence-electron chi connectivity index (χ1n) is 14.6. The lowest BCUT2D eigenvalue weighted by Crippen LogP contribution is -2.31. The predicted molar refractivity (Wildman–Crippen MR) is 174 cm³/mol. The maximum atomic E-state index is 6.45. The van der Waals surface area contributed by atoms with E-state index >= 15 is 0 Å². The fraction of sp³-hybridized carbons (Fsp3) is 0.158. The van der Waals surface area contributed by atoms with Crippen molar-refractivity contribution < 1.29 is 8.98 Å². The van der Waals surface area contributed by atoms with Crippen molar-refractivity contribution >= 4 is 22.1 Å². The van der Waals surface area contributed by atoms with Gasteiger partial charge in [-0.2, -0.15) is 0 Å². The maximum Gasteiger partial charge on any atom is 0.227 e. The van der Waals surface area contributed by atoms with E-state index in [4.69, 9.17) is 4.42 Å². The number of fused-ring (bicyclic) bond motifs is 3. The molecule has 3 aromatic carbocycles. The van der Waals surface area contributed by atoms with E-state index in [1.807, 2.05) is 13.0 Å². The average molecular weight is 562 g/mol. The van der Waals surface area contributed by atoms with Gasteiger partial charge in [0.15, 0.2) is 11.8 Å². The highest BCUT2D eigenvalue weighted by molar-refractivity contribution is 6.09. The van der Waals surface area contributed by atoms with Crippen LogP contribution in [0.3, 0.4) is 0 Å². The fourth-order valence-electron chi connectivity index (χ4n) is 6.37. The Morgan fingerprint density at radius 1 is 0.651 bits per heavy atom. The van der Waals surface area contributed by atoms with Crippen molar-refractivity contribution in [1.29, 1.82) is 0 Å². The van der Waals surface area contributed by atoms with Gasteiger partial charge in [-0.1, -0.05) is 48.5 Å². The molecule has 5 heteroatoms. The predicted octanol–water partition coefficient (Wildman–Crippen LogP) is 8.81. The maximum absolute atomic E-state index is 6.45. The van der Waals surface area contributed by atoms with Crippen LogP contribution in [0.2, 0.25) is 0 Å². The second-order valence-corrected chi connectivity index (χ2v) is 11.6. The molecule has 0 amide bonds. The Bertz CT molecular complexity index is 2150. The van der Waals surface area contributed by atoms with Gasteiger partial charge in [0.05, 0.1) is 17.5 Å². The Labute approximate surface area is 251 Å². The van der Waals surface area contributed by atoms with Gasteiger partial charge in [-0.05, 0) is 85.7 Å². The zero-order chi connectivity index (χ0) is 29.8. The molecule has 0 unspecified atom stereocenters. The standard InChI is InChI=1S/C38H33N4O/c1-22-7-13-30-31-14-8-26(5)41-38(31)43-37(30)36(22)34-19-32(25(4)21-42(34)6)35-23(2)17-29(18-24(35)3)27-9-11-28(12-10-27)33-20-39-15-16-40-33/h7-21H,1-6H3/q+1. The molecule has 0 aliphatic carbocycles. The van der Waals surface area contributed by atoms with E-state index in [0.29, 0.717) is 5.71 Å². The molecular formula is C38H33N4O+. The molecule has 5 nitrogen and oxygen atoms in total. The SMILES string of the molecule is Cc1ccc2c(n1)oc1c(-c3cc(-c4c(C)cc(-c5ccc(-c6cnccn6)cc5)cc4C)c(C)c[n+]3C)c(C)ccc12. The van der Waals surface area contributed by atoms with E-state index in [1.165, 1.54) is 44.5 Å². The minimum atomic E-state index is 0.684. The van der Waals surface area contributed by atoms with Crippen molar-refractivity contribution in [2.24, 2.45) is 7.05 Å². The van der Waals surface area contributed by atoms with Gasteiger partial charge in [0.25, 0.3) is 0 Å². The second kappa shape index (κ2) is 10.3. The number of nitrogens with zero attached hydrogens (tertiary/aromatic N) is 4. The molecular weight excluding hydrogens is 528 g/mol. The topological polar surface area (TPSA) is 55.7 Å². The quantitative estimate of drug-likeness (QED) is 0.202. The van der Waals surface area contributed by atoms with Gasteiger partial charge in [0.1, 0.15) is 7.05 Å². The second-order valence-electron chi connectivity index (χ2n) is 11.6. The van der Waals surface area contributed by atoms with Crippen LogP contribution in [0.4, 0.5) is 0 Å². The highest BCUT2D eigenvalue weighted by Gasteiger charge is 2.24. The largest absolute Gasteiger partial charge is 0.437 e. The summed E-state index contributed by atoms with van der Waals surface area (Å²) in [6, 6.07) is 24.0. The number of hydrogen-bond donors (Lipinski definition) is 0. The number of benzene rings is 3. The Morgan fingerprint density at radius 2 is 1.37 bits per heavy atom. The minimum absolute atomic E-state index is 0.684. The summed E-state index contributed by atoms with van der Waals surface area (Å²) in [5.74, 6) is 0. The lowest BCUT2D eigenvalue weighted by Gasteiger charge is -2.16. The molecule has 0 fully saturated rings. The fourth-order valence-corrected chi connectivity index (χ4v) is 6.37. The molecule has 43 heavy (non-hydrogen) atoms. The number of furan rings is 1. The zero-order valence-electron chi connectivity index (χ0n) is 25.4. The smallest absolute Gasteiger partial charge is 0.227 e. The summed E-state index contributed by atoms with van der Waals surface area (Å²) in [5.41, 5.74) is 16.4. The third-order valence-electron chi connectivity index (χ3n) is 8.46. The van der Waals surface area contributed by atoms with Gasteiger partial charge in [-0.25, -0.2) is 9.55 Å². The summed E-state index contributed by atoms with van der Waals surface area (Å²) in [5, 5.41) is 2.14. The van der Waals surface area contributed by atoms with Crippen LogP contribution in [0, 0.1) is 34.6 Å². The Kier molecular flexibility index (Phi) is 6.39. The summed E-state index contributed by atoms with van der Waals surface area (Å²) in [4.78, 5) is 13.3.